The van der Waals surface area contributed by atoms with Crippen LogP contribution < -0.4 is 15.1 Å². The van der Waals surface area contributed by atoms with Gasteiger partial charge in [-0.25, -0.2) is 4.39 Å². The fourth-order valence-corrected chi connectivity index (χ4v) is 3.51. The van der Waals surface area contributed by atoms with Gasteiger partial charge in [0.1, 0.15) is 5.82 Å². The van der Waals surface area contributed by atoms with Crippen LogP contribution in [0.2, 0.25) is 0 Å². The topological polar surface area (TPSA) is 54.0 Å². The van der Waals surface area contributed by atoms with Gasteiger partial charge in [-0.1, -0.05) is 0 Å². The molecule has 0 bridgehead atoms. The van der Waals surface area contributed by atoms with Crippen LogP contribution >= 0.6 is 0 Å². The minimum atomic E-state index is -0.361. The largest absolute Gasteiger partial charge is 0.378 e. The summed E-state index contributed by atoms with van der Waals surface area (Å²) in [6.45, 7) is 6.00. The van der Waals surface area contributed by atoms with Crippen LogP contribution in [0.1, 0.15) is 10.4 Å². The first-order valence-electron chi connectivity index (χ1n) is 9.57. The average Bonchev–Trinajstić information content (AvgIpc) is 2.75. The molecule has 0 aromatic heterocycles. The Balaban J connectivity index is 1.60. The number of hydrogen-bond acceptors (Lipinski definition) is 5. The Labute approximate surface area is 163 Å². The summed E-state index contributed by atoms with van der Waals surface area (Å²) >= 11 is 0. The molecule has 4 rings (SSSR count). The standard InChI is InChI=1S/C21H24FN3O3/c22-17-3-1-16(2-4-17)21(26)23-19-6-5-18(24-7-11-27-12-8-24)15-20(19)25-9-13-28-14-10-25/h1-6,15H,7-14H2,(H,23,26). The van der Waals surface area contributed by atoms with Gasteiger partial charge >= 0.3 is 0 Å². The van der Waals surface area contributed by atoms with E-state index in [-0.39, 0.29) is 11.7 Å². The lowest BCUT2D eigenvalue weighted by atomic mass is 10.1. The van der Waals surface area contributed by atoms with Crippen LogP contribution in [0.15, 0.2) is 42.5 Å². The van der Waals surface area contributed by atoms with E-state index in [9.17, 15) is 9.18 Å². The zero-order valence-electron chi connectivity index (χ0n) is 15.7. The maximum absolute atomic E-state index is 13.1. The SMILES string of the molecule is O=C(Nc1ccc(N2CCOCC2)cc1N1CCOCC1)c1ccc(F)cc1. The van der Waals surface area contributed by atoms with Gasteiger partial charge in [0.05, 0.1) is 37.8 Å². The Morgan fingerprint density at radius 1 is 0.857 bits per heavy atom. The van der Waals surface area contributed by atoms with Crippen molar-refractivity contribution < 1.29 is 18.7 Å². The van der Waals surface area contributed by atoms with Crippen molar-refractivity contribution in [2.24, 2.45) is 0 Å². The summed E-state index contributed by atoms with van der Waals surface area (Å²) in [5.41, 5.74) is 3.26. The summed E-state index contributed by atoms with van der Waals surface area (Å²) in [5.74, 6) is -0.617. The van der Waals surface area contributed by atoms with Crippen LogP contribution in [0.3, 0.4) is 0 Å². The van der Waals surface area contributed by atoms with Crippen LogP contribution in [0, 0.1) is 5.82 Å². The van der Waals surface area contributed by atoms with Crippen molar-refractivity contribution in [3.05, 3.63) is 53.8 Å². The molecule has 7 heteroatoms. The van der Waals surface area contributed by atoms with Crippen LogP contribution in [0.5, 0.6) is 0 Å². The minimum Gasteiger partial charge on any atom is -0.378 e. The number of halogens is 1. The van der Waals surface area contributed by atoms with Gasteiger partial charge in [-0.05, 0) is 42.5 Å². The van der Waals surface area contributed by atoms with Crippen molar-refractivity contribution in [3.63, 3.8) is 0 Å². The van der Waals surface area contributed by atoms with E-state index in [1.807, 2.05) is 12.1 Å². The first kappa shape index (κ1) is 18.7. The van der Waals surface area contributed by atoms with E-state index >= 15 is 0 Å². The summed E-state index contributed by atoms with van der Waals surface area (Å²) in [6, 6.07) is 11.6. The molecule has 0 saturated carbocycles. The smallest absolute Gasteiger partial charge is 0.255 e. The van der Waals surface area contributed by atoms with Crippen LogP contribution in [0.25, 0.3) is 0 Å². The lowest BCUT2D eigenvalue weighted by Gasteiger charge is -2.33. The fraction of sp³-hybridized carbons (Fsp3) is 0.381. The highest BCUT2D eigenvalue weighted by molar-refractivity contribution is 6.06. The molecule has 2 aromatic carbocycles. The maximum Gasteiger partial charge on any atom is 0.255 e. The van der Waals surface area contributed by atoms with E-state index in [0.29, 0.717) is 18.8 Å². The number of nitrogens with one attached hydrogen (secondary N) is 1. The molecule has 0 spiro atoms. The Bertz CT molecular complexity index is 816. The molecule has 148 valence electrons. The molecule has 6 nitrogen and oxygen atoms in total. The van der Waals surface area contributed by atoms with E-state index in [2.05, 4.69) is 21.2 Å². The highest BCUT2D eigenvalue weighted by atomic mass is 19.1. The molecule has 0 aliphatic carbocycles. The third kappa shape index (κ3) is 4.26. The third-order valence-electron chi connectivity index (χ3n) is 5.06. The number of hydrogen-bond donors (Lipinski definition) is 1. The second-order valence-electron chi connectivity index (χ2n) is 6.86. The van der Waals surface area contributed by atoms with Crippen LogP contribution in [-0.2, 0) is 9.47 Å². The Kier molecular flexibility index (Phi) is 5.73. The molecule has 2 aliphatic heterocycles. The highest BCUT2D eigenvalue weighted by Gasteiger charge is 2.20. The summed E-state index contributed by atoms with van der Waals surface area (Å²) in [4.78, 5) is 17.2. The second kappa shape index (κ2) is 8.58. The van der Waals surface area contributed by atoms with Crippen molar-refractivity contribution in [1.82, 2.24) is 0 Å². The van der Waals surface area contributed by atoms with E-state index in [1.165, 1.54) is 24.3 Å². The third-order valence-corrected chi connectivity index (χ3v) is 5.06. The fourth-order valence-electron chi connectivity index (χ4n) is 3.51. The first-order chi connectivity index (χ1) is 13.7. The number of nitrogens with zero attached hydrogens (tertiary/aromatic N) is 2. The van der Waals surface area contributed by atoms with Crippen molar-refractivity contribution in [2.45, 2.75) is 0 Å². The summed E-state index contributed by atoms with van der Waals surface area (Å²) in [7, 11) is 0. The molecule has 2 fully saturated rings. The van der Waals surface area contributed by atoms with E-state index < -0.39 is 0 Å². The molecular weight excluding hydrogens is 361 g/mol. The monoisotopic (exact) mass is 385 g/mol. The Morgan fingerprint density at radius 3 is 2.11 bits per heavy atom. The van der Waals surface area contributed by atoms with E-state index in [1.54, 1.807) is 0 Å². The molecule has 0 radical (unpaired) electrons. The lowest BCUT2D eigenvalue weighted by Crippen LogP contribution is -2.38. The number of carbonyl (C=O) groups is 1. The maximum atomic E-state index is 13.1. The lowest BCUT2D eigenvalue weighted by molar-refractivity contribution is 0.102. The number of rotatable bonds is 4. The number of morpholine rings is 2. The minimum absolute atomic E-state index is 0.256. The van der Waals surface area contributed by atoms with E-state index in [4.69, 9.17) is 9.47 Å². The number of amides is 1. The van der Waals surface area contributed by atoms with Gasteiger partial charge in [-0.3, -0.25) is 4.79 Å². The highest BCUT2D eigenvalue weighted by Crippen LogP contribution is 2.32. The summed E-state index contributed by atoms with van der Waals surface area (Å²) in [6.07, 6.45) is 0. The average molecular weight is 385 g/mol. The van der Waals surface area contributed by atoms with Crippen molar-refractivity contribution in [3.8, 4) is 0 Å². The van der Waals surface area contributed by atoms with Gasteiger partial charge in [0, 0.05) is 37.4 Å². The molecule has 0 atom stereocenters. The van der Waals surface area contributed by atoms with Gasteiger partial charge in [-0.15, -0.1) is 0 Å². The van der Waals surface area contributed by atoms with Gasteiger partial charge in [0.25, 0.3) is 5.91 Å². The number of benzene rings is 2. The summed E-state index contributed by atoms with van der Waals surface area (Å²) < 4.78 is 24.1. The molecule has 28 heavy (non-hydrogen) atoms. The van der Waals surface area contributed by atoms with Crippen LogP contribution in [0.4, 0.5) is 21.5 Å². The molecule has 2 heterocycles. The molecule has 0 unspecified atom stereocenters. The number of anilines is 3. The zero-order valence-corrected chi connectivity index (χ0v) is 15.7. The van der Waals surface area contributed by atoms with Crippen molar-refractivity contribution >= 4 is 23.0 Å². The predicted octanol–water partition coefficient (Wildman–Crippen LogP) is 2.75. The van der Waals surface area contributed by atoms with Crippen molar-refractivity contribution in [2.75, 3.05) is 67.7 Å². The van der Waals surface area contributed by atoms with Gasteiger partial charge < -0.3 is 24.6 Å². The second-order valence-corrected chi connectivity index (χ2v) is 6.86. The zero-order chi connectivity index (χ0) is 19.3. The Hall–Kier alpha value is -2.64. The van der Waals surface area contributed by atoms with Gasteiger partial charge in [-0.2, -0.15) is 0 Å². The quantitative estimate of drug-likeness (QED) is 0.877. The molecular formula is C21H24FN3O3. The van der Waals surface area contributed by atoms with Gasteiger partial charge in [0.15, 0.2) is 0 Å². The van der Waals surface area contributed by atoms with Gasteiger partial charge in [0.2, 0.25) is 0 Å². The number of ether oxygens (including phenoxy) is 2. The molecule has 2 aliphatic rings. The molecule has 1 amide bonds. The van der Waals surface area contributed by atoms with Crippen molar-refractivity contribution in [1.29, 1.82) is 0 Å². The molecule has 2 aromatic rings. The van der Waals surface area contributed by atoms with Crippen LogP contribution in [-0.4, -0.2) is 58.5 Å². The molecule has 2 saturated heterocycles. The normalized spacial score (nSPS) is 17.5. The summed E-state index contributed by atoms with van der Waals surface area (Å²) in [5, 5.41) is 2.99. The Morgan fingerprint density at radius 2 is 1.46 bits per heavy atom. The molecule has 1 N–H and O–H groups in total. The van der Waals surface area contributed by atoms with E-state index in [0.717, 1.165) is 56.5 Å². The number of carbonyl (C=O) groups excluding carboxylic acids is 1. The predicted molar refractivity (Wildman–Crippen MR) is 107 cm³/mol. The first-order valence-corrected chi connectivity index (χ1v) is 9.57.